The molecule has 0 saturated heterocycles. The van der Waals surface area contributed by atoms with Crippen molar-refractivity contribution in [1.29, 1.82) is 0 Å². The van der Waals surface area contributed by atoms with Gasteiger partial charge in [0.2, 0.25) is 5.91 Å². The van der Waals surface area contributed by atoms with E-state index in [1.54, 1.807) is 28.4 Å². The van der Waals surface area contributed by atoms with Crippen LogP contribution in [0.15, 0.2) is 58.5 Å². The van der Waals surface area contributed by atoms with Gasteiger partial charge in [-0.15, -0.1) is 11.3 Å². The van der Waals surface area contributed by atoms with Gasteiger partial charge in [0.05, 0.1) is 12.3 Å². The largest absolute Gasteiger partial charge is 0.459 e. The minimum absolute atomic E-state index is 0.0308. The summed E-state index contributed by atoms with van der Waals surface area (Å²) in [6, 6.07) is 12.9. The van der Waals surface area contributed by atoms with Crippen LogP contribution in [0, 0.1) is 0 Å². The summed E-state index contributed by atoms with van der Waals surface area (Å²) in [5.41, 5.74) is 2.18. The molecule has 1 atom stereocenters. The van der Waals surface area contributed by atoms with Gasteiger partial charge < -0.3 is 14.2 Å². The van der Waals surface area contributed by atoms with Crippen molar-refractivity contribution in [3.8, 4) is 0 Å². The first-order valence-corrected chi connectivity index (χ1v) is 11.8. The molecule has 0 bridgehead atoms. The van der Waals surface area contributed by atoms with Crippen LogP contribution in [0.25, 0.3) is 0 Å². The Morgan fingerprint density at radius 2 is 2.03 bits per heavy atom. The van der Waals surface area contributed by atoms with Crippen LogP contribution in [0.1, 0.15) is 52.4 Å². The van der Waals surface area contributed by atoms with E-state index >= 15 is 0 Å². The van der Waals surface area contributed by atoms with Crippen molar-refractivity contribution in [2.24, 2.45) is 0 Å². The fourth-order valence-electron chi connectivity index (χ4n) is 4.00. The molecule has 1 unspecified atom stereocenters. The Morgan fingerprint density at radius 1 is 1.23 bits per heavy atom. The van der Waals surface area contributed by atoms with Crippen molar-refractivity contribution in [3.05, 3.63) is 80.9 Å². The highest BCUT2D eigenvalue weighted by Crippen LogP contribution is 2.38. The SMILES string of the molecule is CCCCN(CC(=O)N1CCc2sccc2C1c1ccc(Cl)cc1)C(=O)c1ccco1. The van der Waals surface area contributed by atoms with Crippen LogP contribution in [0.4, 0.5) is 0 Å². The number of furan rings is 1. The van der Waals surface area contributed by atoms with E-state index in [1.807, 2.05) is 29.2 Å². The highest BCUT2D eigenvalue weighted by Gasteiger charge is 2.34. The van der Waals surface area contributed by atoms with E-state index in [-0.39, 0.29) is 30.2 Å². The second kappa shape index (κ2) is 9.71. The van der Waals surface area contributed by atoms with Gasteiger partial charge in [0.15, 0.2) is 5.76 Å². The third-order valence-electron chi connectivity index (χ3n) is 5.60. The number of unbranched alkanes of at least 4 members (excludes halogenated alkanes) is 1. The minimum atomic E-state index is -0.247. The maximum atomic E-state index is 13.5. The minimum Gasteiger partial charge on any atom is -0.459 e. The van der Waals surface area contributed by atoms with Crippen LogP contribution < -0.4 is 0 Å². The number of hydrogen-bond acceptors (Lipinski definition) is 4. The van der Waals surface area contributed by atoms with E-state index < -0.39 is 0 Å². The quantitative estimate of drug-likeness (QED) is 0.477. The molecule has 0 saturated carbocycles. The van der Waals surface area contributed by atoms with Crippen LogP contribution in [-0.2, 0) is 11.2 Å². The number of benzene rings is 1. The number of fused-ring (bicyclic) bond motifs is 1. The molecule has 162 valence electrons. The summed E-state index contributed by atoms with van der Waals surface area (Å²) >= 11 is 7.83. The average Bonchev–Trinajstić information content (AvgIpc) is 3.48. The standard InChI is InChI=1S/C24H25ClN2O3S/c1-2-3-12-26(24(29)20-5-4-14-30-20)16-22(28)27-13-10-21-19(11-15-31-21)23(27)17-6-8-18(25)9-7-17/h4-9,11,14-15,23H,2-3,10,12-13,16H2,1H3. The number of carbonyl (C=O) groups excluding carboxylic acids is 2. The number of nitrogens with zero attached hydrogens (tertiary/aromatic N) is 2. The van der Waals surface area contributed by atoms with Crippen LogP contribution in [-0.4, -0.2) is 41.2 Å². The Hall–Kier alpha value is -2.57. The lowest BCUT2D eigenvalue weighted by Crippen LogP contribution is -2.47. The predicted octanol–water partition coefficient (Wildman–Crippen LogP) is 5.41. The molecule has 1 aromatic carbocycles. The normalized spacial score (nSPS) is 15.5. The third kappa shape index (κ3) is 4.70. The summed E-state index contributed by atoms with van der Waals surface area (Å²) in [6.45, 7) is 3.24. The Kier molecular flexibility index (Phi) is 6.78. The lowest BCUT2D eigenvalue weighted by molar-refractivity contribution is -0.134. The zero-order chi connectivity index (χ0) is 21.8. The molecular weight excluding hydrogens is 432 g/mol. The van der Waals surface area contributed by atoms with Crippen LogP contribution in [0.3, 0.4) is 0 Å². The van der Waals surface area contributed by atoms with Crippen molar-refractivity contribution in [2.45, 2.75) is 32.2 Å². The third-order valence-corrected chi connectivity index (χ3v) is 6.85. The molecule has 5 nitrogen and oxygen atoms in total. The molecular formula is C24H25ClN2O3S. The molecule has 3 aromatic rings. The molecule has 0 N–H and O–H groups in total. The summed E-state index contributed by atoms with van der Waals surface area (Å²) < 4.78 is 5.29. The number of amides is 2. The maximum absolute atomic E-state index is 13.5. The maximum Gasteiger partial charge on any atom is 0.290 e. The summed E-state index contributed by atoms with van der Waals surface area (Å²) in [4.78, 5) is 31.2. The van der Waals surface area contributed by atoms with E-state index in [0.29, 0.717) is 18.1 Å². The highest BCUT2D eigenvalue weighted by molar-refractivity contribution is 7.10. The lowest BCUT2D eigenvalue weighted by atomic mass is 9.93. The molecule has 0 fully saturated rings. The van der Waals surface area contributed by atoms with Crippen molar-refractivity contribution < 1.29 is 14.0 Å². The van der Waals surface area contributed by atoms with Crippen molar-refractivity contribution in [3.63, 3.8) is 0 Å². The van der Waals surface area contributed by atoms with Gasteiger partial charge in [-0.3, -0.25) is 9.59 Å². The van der Waals surface area contributed by atoms with E-state index in [9.17, 15) is 9.59 Å². The van der Waals surface area contributed by atoms with Crippen LogP contribution >= 0.6 is 22.9 Å². The number of carbonyl (C=O) groups is 2. The number of rotatable bonds is 7. The smallest absolute Gasteiger partial charge is 0.290 e. The van der Waals surface area contributed by atoms with Crippen LogP contribution in [0.2, 0.25) is 5.02 Å². The van der Waals surface area contributed by atoms with E-state index in [1.165, 1.54) is 11.1 Å². The topological polar surface area (TPSA) is 53.8 Å². The molecule has 4 rings (SSSR count). The molecule has 3 heterocycles. The Balaban J connectivity index is 1.60. The highest BCUT2D eigenvalue weighted by atomic mass is 35.5. The van der Waals surface area contributed by atoms with Gasteiger partial charge in [0.1, 0.15) is 6.54 Å². The second-order valence-corrected chi connectivity index (χ2v) is 9.09. The van der Waals surface area contributed by atoms with Gasteiger partial charge in [-0.05, 0) is 59.7 Å². The fraction of sp³-hybridized carbons (Fsp3) is 0.333. The van der Waals surface area contributed by atoms with Crippen molar-refractivity contribution in [1.82, 2.24) is 9.80 Å². The average molecular weight is 457 g/mol. The molecule has 1 aliphatic rings. The first-order valence-electron chi connectivity index (χ1n) is 10.5. The van der Waals surface area contributed by atoms with Gasteiger partial charge in [-0.1, -0.05) is 37.1 Å². The Labute approximate surface area is 191 Å². The Morgan fingerprint density at radius 3 is 2.74 bits per heavy atom. The van der Waals surface area contributed by atoms with Gasteiger partial charge in [0, 0.05) is 23.0 Å². The van der Waals surface area contributed by atoms with Gasteiger partial charge in [-0.25, -0.2) is 0 Å². The molecule has 1 aliphatic heterocycles. The number of thiophene rings is 1. The molecule has 0 spiro atoms. The van der Waals surface area contributed by atoms with Gasteiger partial charge >= 0.3 is 0 Å². The van der Waals surface area contributed by atoms with Gasteiger partial charge in [-0.2, -0.15) is 0 Å². The summed E-state index contributed by atoms with van der Waals surface area (Å²) in [5, 5.41) is 2.74. The first kappa shape index (κ1) is 21.7. The first-order chi connectivity index (χ1) is 15.1. The molecule has 2 amide bonds. The van der Waals surface area contributed by atoms with E-state index in [2.05, 4.69) is 18.4 Å². The monoisotopic (exact) mass is 456 g/mol. The second-order valence-electron chi connectivity index (χ2n) is 7.65. The summed E-state index contributed by atoms with van der Waals surface area (Å²) in [6.07, 6.45) is 4.07. The zero-order valence-electron chi connectivity index (χ0n) is 17.4. The number of hydrogen-bond donors (Lipinski definition) is 0. The summed E-state index contributed by atoms with van der Waals surface area (Å²) in [7, 11) is 0. The van der Waals surface area contributed by atoms with Crippen molar-refractivity contribution >= 4 is 34.8 Å². The fourth-order valence-corrected chi connectivity index (χ4v) is 5.03. The predicted molar refractivity (Wildman–Crippen MR) is 123 cm³/mol. The van der Waals surface area contributed by atoms with E-state index in [0.717, 1.165) is 30.4 Å². The molecule has 0 aliphatic carbocycles. The van der Waals surface area contributed by atoms with Crippen LogP contribution in [0.5, 0.6) is 0 Å². The number of halogens is 1. The molecule has 7 heteroatoms. The van der Waals surface area contributed by atoms with E-state index in [4.69, 9.17) is 16.0 Å². The zero-order valence-corrected chi connectivity index (χ0v) is 19.0. The Bertz CT molecular complexity index is 1030. The molecule has 0 radical (unpaired) electrons. The molecule has 2 aromatic heterocycles. The van der Waals surface area contributed by atoms with Crippen molar-refractivity contribution in [2.75, 3.05) is 19.6 Å². The lowest BCUT2D eigenvalue weighted by Gasteiger charge is -2.37. The summed E-state index contributed by atoms with van der Waals surface area (Å²) in [5.74, 6) is -0.0483. The van der Waals surface area contributed by atoms with Gasteiger partial charge in [0.25, 0.3) is 5.91 Å². The molecule has 31 heavy (non-hydrogen) atoms.